The first-order valence-electron chi connectivity index (χ1n) is 9.53. The van der Waals surface area contributed by atoms with Gasteiger partial charge in [0, 0.05) is 29.6 Å². The third-order valence-electron chi connectivity index (χ3n) is 6.11. The first-order valence-corrected chi connectivity index (χ1v) is 9.90. The molecule has 1 aromatic heterocycles. The van der Waals surface area contributed by atoms with Crippen LogP contribution in [0.4, 0.5) is 13.2 Å². The number of fused-ring (bicyclic) bond motifs is 1. The minimum absolute atomic E-state index is 0. The number of hydrogen-bond acceptors (Lipinski definition) is 4. The molecule has 1 fully saturated rings. The average molecular weight is 501 g/mol. The third kappa shape index (κ3) is 4.79. The first-order chi connectivity index (χ1) is 13.7. The molecule has 0 bridgehead atoms. The van der Waals surface area contributed by atoms with Crippen LogP contribution in [0.1, 0.15) is 47.7 Å². The quantitative estimate of drug-likeness (QED) is 0.689. The van der Waals surface area contributed by atoms with Gasteiger partial charge >= 0.3 is 6.18 Å². The molecule has 12 heteroatoms. The number of alkyl halides is 3. The smallest absolute Gasteiger partial charge is 0.331 e. The molecule has 1 aliphatic heterocycles. The molecule has 0 spiro atoms. The van der Waals surface area contributed by atoms with Crippen molar-refractivity contribution in [2.24, 2.45) is 5.73 Å². The topological polar surface area (TPSA) is 77.0 Å². The summed E-state index contributed by atoms with van der Waals surface area (Å²) in [6, 6.07) is 7.62. The minimum atomic E-state index is -4.67. The van der Waals surface area contributed by atoms with E-state index in [1.807, 2.05) is 24.3 Å². The Morgan fingerprint density at radius 1 is 1.19 bits per heavy atom. The first kappa shape index (κ1) is 25.7. The van der Waals surface area contributed by atoms with Crippen LogP contribution >= 0.6 is 36.4 Å². The molecule has 2 aliphatic rings. The number of rotatable bonds is 3. The second-order valence-electron chi connectivity index (χ2n) is 7.70. The highest BCUT2D eigenvalue weighted by molar-refractivity contribution is 6.30. The number of benzene rings is 1. The van der Waals surface area contributed by atoms with E-state index in [2.05, 4.69) is 10.1 Å². The number of halogens is 6. The second kappa shape index (κ2) is 9.52. The van der Waals surface area contributed by atoms with Crippen LogP contribution in [0.15, 0.2) is 24.3 Å². The summed E-state index contributed by atoms with van der Waals surface area (Å²) in [5, 5.41) is 4.10. The molecule has 31 heavy (non-hydrogen) atoms. The lowest BCUT2D eigenvalue weighted by atomic mass is 9.68. The minimum Gasteiger partial charge on any atom is -0.331 e. The van der Waals surface area contributed by atoms with Gasteiger partial charge in [-0.05, 0) is 43.4 Å². The van der Waals surface area contributed by atoms with Crippen LogP contribution in [0.2, 0.25) is 5.02 Å². The summed E-state index contributed by atoms with van der Waals surface area (Å²) < 4.78 is 39.7. The van der Waals surface area contributed by atoms with Crippen LogP contribution in [0, 0.1) is 0 Å². The summed E-state index contributed by atoms with van der Waals surface area (Å²) in [6.45, 7) is 0.998. The molecule has 1 amide bonds. The Bertz CT molecular complexity index is 929. The van der Waals surface area contributed by atoms with E-state index in [0.29, 0.717) is 18.1 Å². The molecule has 1 aliphatic carbocycles. The molecular formula is C19H23Cl3F3N5O. The molecule has 0 atom stereocenters. The molecule has 6 nitrogen and oxygen atoms in total. The molecule has 1 saturated carbocycles. The maximum Gasteiger partial charge on any atom is 0.453 e. The SMILES string of the molecule is Cl.Cl.NCC1(c2cccc(Cl)c2)CCC(N2CCn3nc(C(F)(F)F)nc3C2=O)CC1. The van der Waals surface area contributed by atoms with Crippen LogP contribution in [-0.2, 0) is 18.1 Å². The molecule has 0 saturated heterocycles. The lowest BCUT2D eigenvalue weighted by Crippen LogP contribution is -2.51. The Morgan fingerprint density at radius 2 is 1.87 bits per heavy atom. The number of nitrogens with zero attached hydrogens (tertiary/aromatic N) is 4. The van der Waals surface area contributed by atoms with Gasteiger partial charge in [0.05, 0.1) is 6.54 Å². The number of carbonyl (C=O) groups is 1. The highest BCUT2D eigenvalue weighted by atomic mass is 35.5. The van der Waals surface area contributed by atoms with Crippen LogP contribution in [0.5, 0.6) is 0 Å². The molecule has 2 N–H and O–H groups in total. The van der Waals surface area contributed by atoms with Crippen molar-refractivity contribution in [1.29, 1.82) is 0 Å². The van der Waals surface area contributed by atoms with E-state index in [-0.39, 0.29) is 48.6 Å². The predicted octanol–water partition coefficient (Wildman–Crippen LogP) is 4.09. The number of aromatic nitrogens is 3. The second-order valence-corrected chi connectivity index (χ2v) is 8.14. The molecule has 2 heterocycles. The predicted molar refractivity (Wildman–Crippen MR) is 115 cm³/mol. The normalized spacial score (nSPS) is 23.6. The van der Waals surface area contributed by atoms with Crippen molar-refractivity contribution in [2.75, 3.05) is 13.1 Å². The van der Waals surface area contributed by atoms with Crippen molar-refractivity contribution in [3.63, 3.8) is 0 Å². The van der Waals surface area contributed by atoms with Crippen molar-refractivity contribution < 1.29 is 18.0 Å². The van der Waals surface area contributed by atoms with Crippen molar-refractivity contribution in [2.45, 2.75) is 49.9 Å². The van der Waals surface area contributed by atoms with E-state index in [9.17, 15) is 18.0 Å². The zero-order valence-corrected chi connectivity index (χ0v) is 18.8. The zero-order chi connectivity index (χ0) is 20.8. The molecule has 0 radical (unpaired) electrons. The monoisotopic (exact) mass is 499 g/mol. The summed E-state index contributed by atoms with van der Waals surface area (Å²) >= 11 is 6.15. The summed E-state index contributed by atoms with van der Waals surface area (Å²) in [5.74, 6) is -2.00. The van der Waals surface area contributed by atoms with Crippen molar-refractivity contribution in [3.8, 4) is 0 Å². The molecular weight excluding hydrogens is 478 g/mol. The van der Waals surface area contributed by atoms with Crippen LogP contribution in [0.3, 0.4) is 0 Å². The van der Waals surface area contributed by atoms with Gasteiger partial charge in [0.15, 0.2) is 0 Å². The Hall–Kier alpha value is -1.55. The van der Waals surface area contributed by atoms with Gasteiger partial charge in [0.1, 0.15) is 0 Å². The van der Waals surface area contributed by atoms with Gasteiger partial charge < -0.3 is 10.6 Å². The van der Waals surface area contributed by atoms with Gasteiger partial charge in [-0.2, -0.15) is 18.2 Å². The van der Waals surface area contributed by atoms with Crippen LogP contribution in [-0.4, -0.2) is 44.7 Å². The van der Waals surface area contributed by atoms with Gasteiger partial charge in [-0.25, -0.2) is 4.68 Å². The zero-order valence-electron chi connectivity index (χ0n) is 16.4. The van der Waals surface area contributed by atoms with Gasteiger partial charge in [-0.1, -0.05) is 23.7 Å². The number of amides is 1. The van der Waals surface area contributed by atoms with Gasteiger partial charge in [0.25, 0.3) is 11.7 Å². The largest absolute Gasteiger partial charge is 0.453 e. The fourth-order valence-corrected chi connectivity index (χ4v) is 4.64. The fourth-order valence-electron chi connectivity index (χ4n) is 4.45. The third-order valence-corrected chi connectivity index (χ3v) is 6.35. The maximum absolute atomic E-state index is 12.9. The summed E-state index contributed by atoms with van der Waals surface area (Å²) in [5.41, 5.74) is 7.01. The molecule has 2 aromatic rings. The summed E-state index contributed by atoms with van der Waals surface area (Å²) in [7, 11) is 0. The van der Waals surface area contributed by atoms with E-state index < -0.39 is 17.9 Å². The van der Waals surface area contributed by atoms with Crippen molar-refractivity contribution in [1.82, 2.24) is 19.7 Å². The lowest BCUT2D eigenvalue weighted by molar-refractivity contribution is -0.145. The Kier molecular flexibility index (Phi) is 7.90. The van der Waals surface area contributed by atoms with Gasteiger partial charge in [0.2, 0.25) is 5.82 Å². The Labute approximate surface area is 195 Å². The summed E-state index contributed by atoms with van der Waals surface area (Å²) in [4.78, 5) is 17.9. The molecule has 172 valence electrons. The van der Waals surface area contributed by atoms with Crippen molar-refractivity contribution in [3.05, 3.63) is 46.5 Å². The highest BCUT2D eigenvalue weighted by Crippen LogP contribution is 2.41. The van der Waals surface area contributed by atoms with Gasteiger partial charge in [-0.15, -0.1) is 29.9 Å². The highest BCUT2D eigenvalue weighted by Gasteiger charge is 2.43. The average Bonchev–Trinajstić information content (AvgIpc) is 3.14. The molecule has 0 unspecified atom stereocenters. The van der Waals surface area contributed by atoms with Gasteiger partial charge in [-0.3, -0.25) is 4.79 Å². The lowest BCUT2D eigenvalue weighted by Gasteiger charge is -2.44. The Morgan fingerprint density at radius 3 is 2.45 bits per heavy atom. The maximum atomic E-state index is 12.9. The standard InChI is InChI=1S/C19H21ClF3N5O.2ClH/c20-13-3-1-2-12(10-13)18(11-24)6-4-14(5-7-18)27-8-9-28-15(16(27)29)25-17(26-28)19(21,22)23;;/h1-3,10,14H,4-9,11,24H2;2*1H. The Balaban J connectivity index is 0.00000171. The fraction of sp³-hybridized carbons (Fsp3) is 0.526. The summed E-state index contributed by atoms with van der Waals surface area (Å²) in [6.07, 6.45) is -1.68. The molecule has 1 aromatic carbocycles. The number of hydrogen-bond donors (Lipinski definition) is 1. The van der Waals surface area contributed by atoms with E-state index >= 15 is 0 Å². The van der Waals surface area contributed by atoms with Crippen molar-refractivity contribution >= 4 is 42.3 Å². The van der Waals surface area contributed by atoms with E-state index in [0.717, 1.165) is 35.9 Å². The number of nitrogens with two attached hydrogens (primary N) is 1. The van der Waals surface area contributed by atoms with E-state index in [4.69, 9.17) is 17.3 Å². The van der Waals surface area contributed by atoms with E-state index in [1.54, 1.807) is 4.90 Å². The van der Waals surface area contributed by atoms with Crippen LogP contribution < -0.4 is 5.73 Å². The van der Waals surface area contributed by atoms with Crippen LogP contribution in [0.25, 0.3) is 0 Å². The van der Waals surface area contributed by atoms with E-state index in [1.165, 1.54) is 0 Å². The number of carbonyl (C=O) groups excluding carboxylic acids is 1. The molecule has 4 rings (SSSR count).